The second kappa shape index (κ2) is 3.58. The standard InChI is InChI=1S/C11H8F4/c1-4-11(2,3)8-6(12)5-7(13)9(14)10(8)15/h1,5H,2-3H3. The second-order valence-corrected chi connectivity index (χ2v) is 3.61. The lowest BCUT2D eigenvalue weighted by molar-refractivity contribution is 0.411. The van der Waals surface area contributed by atoms with Gasteiger partial charge in [0.15, 0.2) is 17.5 Å². The lowest BCUT2D eigenvalue weighted by Gasteiger charge is -2.19. The molecule has 1 aromatic rings. The largest absolute Gasteiger partial charge is 0.206 e. The molecule has 0 aliphatic rings. The van der Waals surface area contributed by atoms with Crippen LogP contribution in [0.15, 0.2) is 6.07 Å². The maximum Gasteiger partial charge on any atom is 0.194 e. The Morgan fingerprint density at radius 3 is 2.07 bits per heavy atom. The number of hydrogen-bond acceptors (Lipinski definition) is 0. The van der Waals surface area contributed by atoms with Crippen LogP contribution in [0.4, 0.5) is 17.6 Å². The fraction of sp³-hybridized carbons (Fsp3) is 0.273. The molecule has 0 unspecified atom stereocenters. The predicted molar refractivity (Wildman–Crippen MR) is 48.1 cm³/mol. The van der Waals surface area contributed by atoms with Crippen molar-refractivity contribution in [3.8, 4) is 12.3 Å². The third-order valence-corrected chi connectivity index (χ3v) is 2.10. The SMILES string of the molecule is C#CC(C)(C)c1c(F)cc(F)c(F)c1F. The van der Waals surface area contributed by atoms with Gasteiger partial charge in [-0.25, -0.2) is 17.6 Å². The molecule has 0 saturated carbocycles. The van der Waals surface area contributed by atoms with E-state index in [9.17, 15) is 17.6 Å². The molecule has 0 nitrogen and oxygen atoms in total. The van der Waals surface area contributed by atoms with Crippen LogP contribution in [0.5, 0.6) is 0 Å². The highest BCUT2D eigenvalue weighted by atomic mass is 19.2. The molecule has 0 amide bonds. The van der Waals surface area contributed by atoms with Crippen LogP contribution in [0.25, 0.3) is 0 Å². The van der Waals surface area contributed by atoms with Crippen molar-refractivity contribution in [2.24, 2.45) is 0 Å². The minimum absolute atomic E-state index is 0.285. The number of benzene rings is 1. The van der Waals surface area contributed by atoms with Crippen LogP contribution in [-0.4, -0.2) is 0 Å². The first kappa shape index (κ1) is 11.6. The highest BCUT2D eigenvalue weighted by molar-refractivity contribution is 5.35. The average Bonchev–Trinajstić information content (AvgIpc) is 2.14. The Morgan fingerprint density at radius 2 is 1.60 bits per heavy atom. The zero-order valence-electron chi connectivity index (χ0n) is 8.17. The fourth-order valence-electron chi connectivity index (χ4n) is 1.21. The van der Waals surface area contributed by atoms with Crippen molar-refractivity contribution in [2.45, 2.75) is 19.3 Å². The van der Waals surface area contributed by atoms with Crippen LogP contribution in [0.1, 0.15) is 19.4 Å². The molecule has 0 heterocycles. The van der Waals surface area contributed by atoms with E-state index < -0.39 is 34.2 Å². The summed E-state index contributed by atoms with van der Waals surface area (Å²) in [5.74, 6) is -3.92. The van der Waals surface area contributed by atoms with E-state index in [4.69, 9.17) is 6.42 Å². The van der Waals surface area contributed by atoms with Gasteiger partial charge in [-0.3, -0.25) is 0 Å². The van der Waals surface area contributed by atoms with Gasteiger partial charge in [-0.15, -0.1) is 6.42 Å². The molecule has 0 aliphatic carbocycles. The van der Waals surface area contributed by atoms with Gasteiger partial charge in [0.05, 0.1) is 5.41 Å². The number of rotatable bonds is 1. The van der Waals surface area contributed by atoms with Crippen molar-refractivity contribution < 1.29 is 17.6 Å². The zero-order chi connectivity index (χ0) is 11.8. The van der Waals surface area contributed by atoms with E-state index >= 15 is 0 Å². The van der Waals surface area contributed by atoms with Gasteiger partial charge in [0.2, 0.25) is 0 Å². The topological polar surface area (TPSA) is 0 Å². The Hall–Kier alpha value is -1.50. The quantitative estimate of drug-likeness (QED) is 0.293. The number of terminal acetylenes is 1. The molecule has 0 fully saturated rings. The van der Waals surface area contributed by atoms with Crippen molar-refractivity contribution in [1.82, 2.24) is 0 Å². The van der Waals surface area contributed by atoms with Crippen LogP contribution >= 0.6 is 0 Å². The van der Waals surface area contributed by atoms with Crippen LogP contribution in [0.2, 0.25) is 0 Å². The summed E-state index contributed by atoms with van der Waals surface area (Å²) in [5, 5.41) is 0. The van der Waals surface area contributed by atoms with Gasteiger partial charge in [-0.2, -0.15) is 0 Å². The summed E-state index contributed by atoms with van der Waals surface area (Å²) in [6, 6.07) is 0.285. The maximum absolute atomic E-state index is 13.3. The van der Waals surface area contributed by atoms with E-state index in [0.29, 0.717) is 0 Å². The van der Waals surface area contributed by atoms with Gasteiger partial charge < -0.3 is 0 Å². The van der Waals surface area contributed by atoms with E-state index in [1.807, 2.05) is 0 Å². The summed E-state index contributed by atoms with van der Waals surface area (Å²) in [6.07, 6.45) is 5.06. The summed E-state index contributed by atoms with van der Waals surface area (Å²) in [7, 11) is 0. The second-order valence-electron chi connectivity index (χ2n) is 3.61. The highest BCUT2D eigenvalue weighted by Gasteiger charge is 2.29. The van der Waals surface area contributed by atoms with E-state index in [1.54, 1.807) is 0 Å². The molecule has 0 N–H and O–H groups in total. The van der Waals surface area contributed by atoms with E-state index in [0.717, 1.165) is 0 Å². The van der Waals surface area contributed by atoms with Crippen LogP contribution in [0, 0.1) is 35.6 Å². The van der Waals surface area contributed by atoms with Crippen LogP contribution in [0.3, 0.4) is 0 Å². The van der Waals surface area contributed by atoms with Gasteiger partial charge >= 0.3 is 0 Å². The third kappa shape index (κ3) is 1.82. The number of hydrogen-bond donors (Lipinski definition) is 0. The number of halogens is 4. The van der Waals surface area contributed by atoms with Crippen molar-refractivity contribution in [3.05, 3.63) is 34.9 Å². The Labute approximate surface area is 84.9 Å². The molecule has 0 aromatic heterocycles. The summed E-state index contributed by atoms with van der Waals surface area (Å²) in [5.41, 5.74) is -1.97. The van der Waals surface area contributed by atoms with Gasteiger partial charge in [0, 0.05) is 11.6 Å². The van der Waals surface area contributed by atoms with Crippen LogP contribution in [-0.2, 0) is 5.41 Å². The molecule has 4 heteroatoms. The minimum Gasteiger partial charge on any atom is -0.206 e. The van der Waals surface area contributed by atoms with Gasteiger partial charge in [-0.05, 0) is 13.8 Å². The van der Waals surface area contributed by atoms with Gasteiger partial charge in [0.25, 0.3) is 0 Å². The minimum atomic E-state index is -1.71. The lowest BCUT2D eigenvalue weighted by Crippen LogP contribution is -2.20. The Kier molecular flexibility index (Phi) is 2.76. The molecule has 1 rings (SSSR count). The van der Waals surface area contributed by atoms with E-state index in [1.165, 1.54) is 13.8 Å². The summed E-state index contributed by atoms with van der Waals surface area (Å²) < 4.78 is 51.9. The Morgan fingerprint density at radius 1 is 1.07 bits per heavy atom. The molecule has 0 radical (unpaired) electrons. The van der Waals surface area contributed by atoms with Crippen molar-refractivity contribution in [2.75, 3.05) is 0 Å². The fourth-order valence-corrected chi connectivity index (χ4v) is 1.21. The molecular formula is C11H8F4. The molecule has 0 spiro atoms. The third-order valence-electron chi connectivity index (χ3n) is 2.10. The van der Waals surface area contributed by atoms with E-state index in [-0.39, 0.29) is 6.07 Å². The molecule has 15 heavy (non-hydrogen) atoms. The molecule has 0 saturated heterocycles. The Balaban J connectivity index is 3.58. The molecule has 0 bridgehead atoms. The first-order valence-electron chi connectivity index (χ1n) is 4.12. The molecule has 80 valence electrons. The summed E-state index contributed by atoms with van der Waals surface area (Å²) in [6.45, 7) is 2.68. The van der Waals surface area contributed by atoms with Crippen molar-refractivity contribution >= 4 is 0 Å². The normalized spacial score (nSPS) is 11.3. The molecule has 1 aromatic carbocycles. The van der Waals surface area contributed by atoms with E-state index in [2.05, 4.69) is 5.92 Å². The highest BCUT2D eigenvalue weighted by Crippen LogP contribution is 2.30. The average molecular weight is 216 g/mol. The summed E-state index contributed by atoms with van der Waals surface area (Å²) >= 11 is 0. The summed E-state index contributed by atoms with van der Waals surface area (Å²) in [4.78, 5) is 0. The maximum atomic E-state index is 13.3. The first-order valence-corrected chi connectivity index (χ1v) is 4.12. The predicted octanol–water partition coefficient (Wildman–Crippen LogP) is 3.15. The molecule has 0 aliphatic heterocycles. The lowest BCUT2D eigenvalue weighted by atomic mass is 9.84. The van der Waals surface area contributed by atoms with Crippen LogP contribution < -0.4 is 0 Å². The van der Waals surface area contributed by atoms with Gasteiger partial charge in [0.1, 0.15) is 5.82 Å². The van der Waals surface area contributed by atoms with Crippen molar-refractivity contribution in [3.63, 3.8) is 0 Å². The Bertz CT molecular complexity index is 441. The van der Waals surface area contributed by atoms with Crippen molar-refractivity contribution in [1.29, 1.82) is 0 Å². The molecule has 0 atom stereocenters. The zero-order valence-corrected chi connectivity index (χ0v) is 8.17. The van der Waals surface area contributed by atoms with Gasteiger partial charge in [-0.1, -0.05) is 5.92 Å². The smallest absolute Gasteiger partial charge is 0.194 e. The monoisotopic (exact) mass is 216 g/mol. The molecular weight excluding hydrogens is 208 g/mol. The first-order chi connectivity index (χ1) is 6.81.